The normalized spacial score (nSPS) is 10.0. The Morgan fingerprint density at radius 3 is 2.22 bits per heavy atom. The molecule has 0 saturated carbocycles. The lowest BCUT2D eigenvalue weighted by atomic mass is 10.4. The molecule has 2 heteroatoms. The third-order valence-corrected chi connectivity index (χ3v) is 0.634. The van der Waals surface area contributed by atoms with Crippen molar-refractivity contribution >= 4 is 5.78 Å². The monoisotopic (exact) mass is 128 g/mol. The minimum Gasteiger partial charge on any atom is -0.412 e. The van der Waals surface area contributed by atoms with Crippen LogP contribution in [0.1, 0.15) is 13.8 Å². The summed E-state index contributed by atoms with van der Waals surface area (Å²) >= 11 is 0. The molecule has 0 heterocycles. The number of rotatable bonds is 2. The molecule has 2 nitrogen and oxygen atoms in total. The van der Waals surface area contributed by atoms with Gasteiger partial charge in [-0.15, -0.1) is 0 Å². The number of ketones is 1. The predicted octanol–water partition coefficient (Wildman–Crippen LogP) is 0.883. The van der Waals surface area contributed by atoms with E-state index < -0.39 is 0 Å². The molecule has 0 aliphatic rings. The summed E-state index contributed by atoms with van der Waals surface area (Å²) in [6.45, 7) is 3.43. The second-order valence-electron chi connectivity index (χ2n) is 1.50. The van der Waals surface area contributed by atoms with Gasteiger partial charge in [0.2, 0.25) is 0 Å². The average molecular weight is 128 g/mol. The first-order chi connectivity index (χ1) is 3.77. The van der Waals surface area contributed by atoms with E-state index in [9.17, 15) is 4.79 Å². The Hall–Kier alpha value is -0.890. The molecule has 0 bridgehead atoms. The van der Waals surface area contributed by atoms with Gasteiger partial charge in [0, 0.05) is 0 Å². The van der Waals surface area contributed by atoms with Crippen molar-refractivity contribution in [3.63, 3.8) is 0 Å². The molecule has 0 aliphatic heterocycles. The van der Waals surface area contributed by atoms with Crippen LogP contribution in [0.3, 0.4) is 0 Å². The third-order valence-electron chi connectivity index (χ3n) is 0.634. The van der Waals surface area contributed by atoms with E-state index in [1.54, 1.807) is 6.08 Å². The van der Waals surface area contributed by atoms with Crippen LogP contribution in [0.15, 0.2) is 24.3 Å². The van der Waals surface area contributed by atoms with Gasteiger partial charge in [-0.1, -0.05) is 18.2 Å². The van der Waals surface area contributed by atoms with Crippen LogP contribution in [0.5, 0.6) is 0 Å². The molecule has 0 spiro atoms. The Morgan fingerprint density at radius 2 is 1.89 bits per heavy atom. The SMILES string of the molecule is C/C=C/C=C/C(C)=O.O. The Bertz CT molecular complexity index is 123. The lowest BCUT2D eigenvalue weighted by Crippen LogP contribution is -1.76. The minimum absolute atomic E-state index is 0. The highest BCUT2D eigenvalue weighted by atomic mass is 16.1. The van der Waals surface area contributed by atoms with Crippen molar-refractivity contribution in [1.82, 2.24) is 0 Å². The van der Waals surface area contributed by atoms with Gasteiger partial charge >= 0.3 is 0 Å². The van der Waals surface area contributed by atoms with Crippen molar-refractivity contribution in [2.24, 2.45) is 0 Å². The molecule has 0 atom stereocenters. The van der Waals surface area contributed by atoms with E-state index >= 15 is 0 Å². The standard InChI is InChI=1S/C7H10O.H2O/c1-3-4-5-6-7(2)8;/h3-6H,1-2H3;1H2/b4-3+,6-5+;. The van der Waals surface area contributed by atoms with Crippen molar-refractivity contribution < 1.29 is 10.3 Å². The summed E-state index contributed by atoms with van der Waals surface area (Å²) in [5, 5.41) is 0. The first-order valence-corrected chi connectivity index (χ1v) is 2.57. The zero-order valence-electron chi connectivity index (χ0n) is 5.72. The lowest BCUT2D eigenvalue weighted by Gasteiger charge is -1.72. The third kappa shape index (κ3) is 11.0. The summed E-state index contributed by atoms with van der Waals surface area (Å²) in [6, 6.07) is 0. The van der Waals surface area contributed by atoms with Crippen molar-refractivity contribution in [1.29, 1.82) is 0 Å². The van der Waals surface area contributed by atoms with E-state index in [4.69, 9.17) is 0 Å². The smallest absolute Gasteiger partial charge is 0.152 e. The van der Waals surface area contributed by atoms with Crippen molar-refractivity contribution in [3.8, 4) is 0 Å². The van der Waals surface area contributed by atoms with Crippen molar-refractivity contribution in [2.75, 3.05) is 0 Å². The zero-order chi connectivity index (χ0) is 6.41. The molecule has 0 rings (SSSR count). The van der Waals surface area contributed by atoms with Gasteiger partial charge in [0.1, 0.15) is 0 Å². The van der Waals surface area contributed by atoms with Crippen molar-refractivity contribution in [2.45, 2.75) is 13.8 Å². The maximum absolute atomic E-state index is 10.2. The van der Waals surface area contributed by atoms with Crippen LogP contribution >= 0.6 is 0 Å². The minimum atomic E-state index is 0. The summed E-state index contributed by atoms with van der Waals surface area (Å²) < 4.78 is 0. The Labute approximate surface area is 55.2 Å². The second kappa shape index (κ2) is 7.11. The van der Waals surface area contributed by atoms with Gasteiger partial charge in [0.25, 0.3) is 0 Å². The number of carbonyl (C=O) groups is 1. The van der Waals surface area contributed by atoms with Crippen LogP contribution in [-0.4, -0.2) is 11.3 Å². The first kappa shape index (κ1) is 11.0. The second-order valence-corrected chi connectivity index (χ2v) is 1.50. The predicted molar refractivity (Wildman–Crippen MR) is 38.2 cm³/mol. The summed E-state index contributed by atoms with van der Waals surface area (Å²) in [4.78, 5) is 10.2. The van der Waals surface area contributed by atoms with Gasteiger partial charge in [0.15, 0.2) is 5.78 Å². The molecule has 0 radical (unpaired) electrons. The molecule has 0 aromatic heterocycles. The molecular formula is C7H12O2. The first-order valence-electron chi connectivity index (χ1n) is 2.57. The fourth-order valence-electron chi connectivity index (χ4n) is 0.302. The maximum atomic E-state index is 10.2. The largest absolute Gasteiger partial charge is 0.412 e. The Kier molecular flexibility index (Phi) is 8.68. The summed E-state index contributed by atoms with van der Waals surface area (Å²) in [7, 11) is 0. The quantitative estimate of drug-likeness (QED) is 0.402. The fourth-order valence-corrected chi connectivity index (χ4v) is 0.302. The summed E-state index contributed by atoms with van der Waals surface area (Å²) in [6.07, 6.45) is 6.95. The lowest BCUT2D eigenvalue weighted by molar-refractivity contribution is -0.112. The molecule has 52 valence electrons. The Morgan fingerprint density at radius 1 is 1.33 bits per heavy atom. The highest BCUT2D eigenvalue weighted by Crippen LogP contribution is 1.76. The summed E-state index contributed by atoms with van der Waals surface area (Å²) in [5.41, 5.74) is 0. The topological polar surface area (TPSA) is 48.6 Å². The van der Waals surface area contributed by atoms with Crippen LogP contribution in [0.2, 0.25) is 0 Å². The van der Waals surface area contributed by atoms with Gasteiger partial charge in [-0.3, -0.25) is 4.79 Å². The molecule has 9 heavy (non-hydrogen) atoms. The number of carbonyl (C=O) groups excluding carboxylic acids is 1. The van der Waals surface area contributed by atoms with E-state index in [-0.39, 0.29) is 11.3 Å². The molecule has 0 aromatic rings. The zero-order valence-corrected chi connectivity index (χ0v) is 5.72. The van der Waals surface area contributed by atoms with Gasteiger partial charge in [-0.25, -0.2) is 0 Å². The Balaban J connectivity index is 0. The highest BCUT2D eigenvalue weighted by molar-refractivity contribution is 5.87. The molecule has 0 amide bonds. The van der Waals surface area contributed by atoms with Gasteiger partial charge in [-0.2, -0.15) is 0 Å². The van der Waals surface area contributed by atoms with Gasteiger partial charge < -0.3 is 5.48 Å². The molecule has 0 saturated heterocycles. The van der Waals surface area contributed by atoms with Gasteiger partial charge in [-0.05, 0) is 19.9 Å². The highest BCUT2D eigenvalue weighted by Gasteiger charge is 1.74. The average Bonchev–Trinajstić information content (AvgIpc) is 1.66. The van der Waals surface area contributed by atoms with E-state index in [0.717, 1.165) is 0 Å². The number of hydrogen-bond acceptors (Lipinski definition) is 1. The van der Waals surface area contributed by atoms with E-state index in [1.807, 2.05) is 19.1 Å². The molecule has 0 aliphatic carbocycles. The van der Waals surface area contributed by atoms with Crippen molar-refractivity contribution in [3.05, 3.63) is 24.3 Å². The van der Waals surface area contributed by atoms with E-state index in [1.165, 1.54) is 13.0 Å². The maximum Gasteiger partial charge on any atom is 0.152 e. The molecule has 0 aromatic carbocycles. The van der Waals surface area contributed by atoms with Crippen LogP contribution in [0, 0.1) is 0 Å². The summed E-state index contributed by atoms with van der Waals surface area (Å²) in [5.74, 6) is 0.0862. The van der Waals surface area contributed by atoms with Crippen LogP contribution in [-0.2, 0) is 4.79 Å². The number of hydrogen-bond donors (Lipinski definition) is 0. The van der Waals surface area contributed by atoms with E-state index in [2.05, 4.69) is 0 Å². The van der Waals surface area contributed by atoms with Crippen LogP contribution in [0.4, 0.5) is 0 Å². The van der Waals surface area contributed by atoms with Gasteiger partial charge in [0.05, 0.1) is 0 Å². The molecular weight excluding hydrogens is 116 g/mol. The molecule has 0 fully saturated rings. The van der Waals surface area contributed by atoms with E-state index in [0.29, 0.717) is 0 Å². The molecule has 0 unspecified atom stereocenters. The van der Waals surface area contributed by atoms with Crippen LogP contribution < -0.4 is 0 Å². The fraction of sp³-hybridized carbons (Fsp3) is 0.286. The van der Waals surface area contributed by atoms with Crippen LogP contribution in [0.25, 0.3) is 0 Å². The number of allylic oxidation sites excluding steroid dienone is 4. The molecule has 2 N–H and O–H groups in total.